The Morgan fingerprint density at radius 3 is 0.538 bits per heavy atom. The minimum atomic E-state index is -1.94. The first-order valence-corrected chi connectivity index (χ1v) is 21.0. The van der Waals surface area contributed by atoms with Crippen molar-refractivity contribution in [2.45, 2.75) is 172 Å². The fourth-order valence-corrected chi connectivity index (χ4v) is 15.2. The van der Waals surface area contributed by atoms with E-state index in [1.807, 2.05) is 13.8 Å². The van der Waals surface area contributed by atoms with Crippen molar-refractivity contribution >= 4 is 16.6 Å². The number of hydrogen-bond donors (Lipinski definition) is 4. The summed E-state index contributed by atoms with van der Waals surface area (Å²) in [6, 6.07) is 6.44. The van der Waals surface area contributed by atoms with Gasteiger partial charge in [0.15, 0.2) is 16.6 Å². The second-order valence-corrected chi connectivity index (χ2v) is 21.9. The van der Waals surface area contributed by atoms with Crippen LogP contribution < -0.4 is 0 Å². The van der Waals surface area contributed by atoms with Crippen LogP contribution in [0.1, 0.15) is 124 Å². The zero-order valence-corrected chi connectivity index (χ0v) is 33.1. The maximum Gasteiger partial charge on any atom is 0.189 e. The normalized spacial score (nSPS) is 13.4. The largest absolute Gasteiger partial charge is 0.432 e. The van der Waals surface area contributed by atoms with Gasteiger partial charge in [0.1, 0.15) is 0 Å². The molecule has 2 atom stereocenters. The summed E-state index contributed by atoms with van der Waals surface area (Å²) in [4.78, 5) is 21.3. The second-order valence-electron chi connectivity index (χ2n) is 14.6. The predicted molar refractivity (Wildman–Crippen MR) is 178 cm³/mol. The van der Waals surface area contributed by atoms with Crippen LogP contribution in [-0.4, -0.2) is 48.6 Å². The standard InChI is InChI=1S/2C12H28OSi.2C4H10O.Ti/c2*1-10(2)7-14(13,8-11(3)4)9-12(5)6;2*1-3-4(2)5;/h2*10-13H,7-9H2,1-6H3;2*4-5H,3H2,1-2H3;. The summed E-state index contributed by atoms with van der Waals surface area (Å²) in [6.45, 7) is 34.1. The fourth-order valence-electron chi connectivity index (χ4n) is 5.06. The number of hydrogen-bond acceptors (Lipinski definition) is 4. The van der Waals surface area contributed by atoms with Crippen molar-refractivity contribution < 1.29 is 41.5 Å². The molecule has 0 aromatic heterocycles. The molecule has 0 spiro atoms. The molecule has 0 amide bonds. The van der Waals surface area contributed by atoms with Gasteiger partial charge in [0, 0.05) is 21.7 Å². The third kappa shape index (κ3) is 43.6. The van der Waals surface area contributed by atoms with Gasteiger partial charge >= 0.3 is 0 Å². The van der Waals surface area contributed by atoms with Gasteiger partial charge in [-0.15, -0.1) is 0 Å². The molecule has 4 nitrogen and oxygen atoms in total. The molecule has 0 aromatic rings. The molecule has 0 aliphatic heterocycles. The van der Waals surface area contributed by atoms with Crippen LogP contribution in [0.3, 0.4) is 0 Å². The second kappa shape index (κ2) is 27.8. The summed E-state index contributed by atoms with van der Waals surface area (Å²) in [5, 5.41) is 16.7. The minimum absolute atomic E-state index is 0. The van der Waals surface area contributed by atoms with Crippen LogP contribution in [0.5, 0.6) is 0 Å². The van der Waals surface area contributed by atoms with E-state index in [1.54, 1.807) is 13.8 Å². The van der Waals surface area contributed by atoms with Gasteiger partial charge in [0.2, 0.25) is 0 Å². The van der Waals surface area contributed by atoms with E-state index in [0.717, 1.165) is 49.1 Å². The SMILES string of the molecule is CC(C)C[Si](O)(CC(C)C)CC(C)C.CC(C)C[Si](O)(CC(C)C)CC(C)C.CCC(C)O.CCC(C)O.[Ti]. The molecule has 39 heavy (non-hydrogen) atoms. The van der Waals surface area contributed by atoms with Gasteiger partial charge in [-0.05, 0) is 98.5 Å². The Labute approximate surface area is 264 Å². The molecule has 0 aliphatic rings. The van der Waals surface area contributed by atoms with E-state index < -0.39 is 16.6 Å². The minimum Gasteiger partial charge on any atom is -0.432 e. The third-order valence-corrected chi connectivity index (χ3v) is 15.4. The van der Waals surface area contributed by atoms with Crippen molar-refractivity contribution in [3.05, 3.63) is 0 Å². The van der Waals surface area contributed by atoms with Crippen molar-refractivity contribution in [1.29, 1.82) is 0 Å². The molecule has 2 unspecified atom stereocenters. The van der Waals surface area contributed by atoms with Crippen LogP contribution in [0.25, 0.3) is 0 Å². The monoisotopic (exact) mass is 628 g/mol. The first kappa shape index (κ1) is 49.7. The predicted octanol–water partition coefficient (Wildman–Crippen LogP) is 9.34. The van der Waals surface area contributed by atoms with E-state index in [4.69, 9.17) is 10.2 Å². The van der Waals surface area contributed by atoms with E-state index in [1.165, 1.54) is 0 Å². The third-order valence-electron chi connectivity index (χ3n) is 5.91. The van der Waals surface area contributed by atoms with E-state index in [0.29, 0.717) is 35.5 Å². The molecule has 0 bridgehead atoms. The topological polar surface area (TPSA) is 80.9 Å². The quantitative estimate of drug-likeness (QED) is 0.145. The molecule has 0 radical (unpaired) electrons. The Morgan fingerprint density at radius 1 is 0.385 bits per heavy atom. The van der Waals surface area contributed by atoms with Crippen molar-refractivity contribution in [3.8, 4) is 0 Å². The molecule has 0 aromatic carbocycles. The van der Waals surface area contributed by atoms with Crippen LogP contribution >= 0.6 is 0 Å². The Bertz CT molecular complexity index is 400. The summed E-state index contributed by atoms with van der Waals surface area (Å²) < 4.78 is 0. The van der Waals surface area contributed by atoms with E-state index in [9.17, 15) is 9.59 Å². The summed E-state index contributed by atoms with van der Waals surface area (Å²) in [7, 11) is -3.88. The maximum atomic E-state index is 10.7. The molecule has 0 heterocycles. The van der Waals surface area contributed by atoms with Crippen molar-refractivity contribution in [2.75, 3.05) is 0 Å². The van der Waals surface area contributed by atoms with Gasteiger partial charge in [-0.1, -0.05) is 96.9 Å². The van der Waals surface area contributed by atoms with Crippen LogP contribution in [-0.2, 0) is 21.7 Å². The Hall–Kier alpha value is 0.988. The molecule has 0 rings (SSSR count). The molecule has 0 saturated heterocycles. The molecular weight excluding hydrogens is 552 g/mol. The molecular formula is C32H76O4Si2Ti. The zero-order valence-electron chi connectivity index (χ0n) is 29.6. The Kier molecular flexibility index (Phi) is 35.4. The molecule has 0 saturated carbocycles. The van der Waals surface area contributed by atoms with Crippen LogP contribution in [0.4, 0.5) is 0 Å². The molecule has 7 heteroatoms. The van der Waals surface area contributed by atoms with E-state index >= 15 is 0 Å². The van der Waals surface area contributed by atoms with Gasteiger partial charge in [-0.25, -0.2) is 0 Å². The maximum absolute atomic E-state index is 10.7. The molecule has 4 N–H and O–H groups in total. The first-order chi connectivity index (χ1) is 17.0. The van der Waals surface area contributed by atoms with Crippen LogP contribution in [0.2, 0.25) is 36.3 Å². The van der Waals surface area contributed by atoms with Gasteiger partial charge in [0.25, 0.3) is 0 Å². The van der Waals surface area contributed by atoms with Crippen molar-refractivity contribution in [3.63, 3.8) is 0 Å². The summed E-state index contributed by atoms with van der Waals surface area (Å²) in [6.07, 6.45) is 1.49. The smallest absolute Gasteiger partial charge is 0.189 e. The number of aliphatic hydroxyl groups excluding tert-OH is 2. The van der Waals surface area contributed by atoms with Gasteiger partial charge in [-0.2, -0.15) is 0 Å². The Morgan fingerprint density at radius 2 is 0.487 bits per heavy atom. The molecule has 240 valence electrons. The summed E-state index contributed by atoms with van der Waals surface area (Å²) >= 11 is 0. The van der Waals surface area contributed by atoms with Crippen LogP contribution in [0.15, 0.2) is 0 Å². The van der Waals surface area contributed by atoms with Gasteiger partial charge in [0.05, 0.1) is 12.2 Å². The average Bonchev–Trinajstić information content (AvgIpc) is 2.64. The zero-order chi connectivity index (χ0) is 31.3. The van der Waals surface area contributed by atoms with Gasteiger partial charge in [-0.3, -0.25) is 0 Å². The number of rotatable bonds is 14. The summed E-state index contributed by atoms with van der Waals surface area (Å²) in [5.41, 5.74) is 0. The Balaban J connectivity index is -0.000000145. The summed E-state index contributed by atoms with van der Waals surface area (Å²) in [5.74, 6) is 3.86. The first-order valence-electron chi connectivity index (χ1n) is 15.8. The van der Waals surface area contributed by atoms with Crippen molar-refractivity contribution in [1.82, 2.24) is 0 Å². The van der Waals surface area contributed by atoms with E-state index in [-0.39, 0.29) is 33.9 Å². The molecule has 0 fully saturated rings. The van der Waals surface area contributed by atoms with Crippen molar-refractivity contribution in [2.24, 2.45) is 35.5 Å². The van der Waals surface area contributed by atoms with Crippen LogP contribution in [0, 0.1) is 35.5 Å². The van der Waals surface area contributed by atoms with Gasteiger partial charge < -0.3 is 19.8 Å². The fraction of sp³-hybridized carbons (Fsp3) is 1.00. The van der Waals surface area contributed by atoms with E-state index in [2.05, 4.69) is 83.1 Å². The average molecular weight is 629 g/mol. The molecule has 0 aliphatic carbocycles. The number of aliphatic hydroxyl groups is 2.